The van der Waals surface area contributed by atoms with E-state index in [4.69, 9.17) is 16.0 Å². The molecule has 0 atom stereocenters. The van der Waals surface area contributed by atoms with E-state index in [-0.39, 0.29) is 22.4 Å². The number of aromatic amines is 1. The van der Waals surface area contributed by atoms with Crippen LogP contribution in [0.4, 0.5) is 0 Å². The molecule has 23 heavy (non-hydrogen) atoms. The van der Waals surface area contributed by atoms with Gasteiger partial charge in [-0.2, -0.15) is 5.10 Å². The Labute approximate surface area is 135 Å². The second-order valence-electron chi connectivity index (χ2n) is 4.66. The van der Waals surface area contributed by atoms with Crippen molar-refractivity contribution in [3.05, 3.63) is 70.9 Å². The van der Waals surface area contributed by atoms with Crippen molar-refractivity contribution in [3.63, 3.8) is 0 Å². The first-order valence-corrected chi connectivity index (χ1v) is 6.99. The van der Waals surface area contributed by atoms with Gasteiger partial charge in [0.25, 0.3) is 0 Å². The molecule has 3 rings (SSSR count). The van der Waals surface area contributed by atoms with E-state index in [2.05, 4.69) is 20.2 Å². The number of aliphatic hydroxyl groups is 1. The molecule has 3 aromatic rings. The number of pyridine rings is 1. The highest BCUT2D eigenvalue weighted by molar-refractivity contribution is 6.30. The van der Waals surface area contributed by atoms with E-state index in [0.29, 0.717) is 12.2 Å². The predicted molar refractivity (Wildman–Crippen MR) is 82.1 cm³/mol. The number of carbonyl (C=O) groups excluding carboxylic acids is 1. The van der Waals surface area contributed by atoms with Crippen LogP contribution in [0.15, 0.2) is 47.4 Å². The third kappa shape index (κ3) is 3.46. The molecular weight excluding hydrogens is 320 g/mol. The molecule has 0 spiro atoms. The second-order valence-corrected chi connectivity index (χ2v) is 5.00. The predicted octanol–water partition coefficient (Wildman–Crippen LogP) is 2.82. The zero-order valence-electron chi connectivity index (χ0n) is 11.7. The highest BCUT2D eigenvalue weighted by Crippen LogP contribution is 2.27. The van der Waals surface area contributed by atoms with Crippen molar-refractivity contribution in [1.82, 2.24) is 20.2 Å². The lowest BCUT2D eigenvalue weighted by molar-refractivity contribution is 0.103. The largest absolute Gasteiger partial charge is 0.507 e. The van der Waals surface area contributed by atoms with E-state index >= 15 is 0 Å². The number of nitrogens with zero attached hydrogens (tertiary/aromatic N) is 3. The molecule has 0 aliphatic rings. The second kappa shape index (κ2) is 6.45. The van der Waals surface area contributed by atoms with Gasteiger partial charge in [0.05, 0.1) is 5.56 Å². The summed E-state index contributed by atoms with van der Waals surface area (Å²) < 4.78 is 5.41. The molecule has 0 aliphatic heterocycles. The Kier molecular flexibility index (Phi) is 4.20. The van der Waals surface area contributed by atoms with Crippen LogP contribution >= 0.6 is 11.6 Å². The van der Waals surface area contributed by atoms with Crippen molar-refractivity contribution in [2.24, 2.45) is 0 Å². The van der Waals surface area contributed by atoms with E-state index in [1.807, 2.05) is 12.1 Å². The Morgan fingerprint density at radius 3 is 2.87 bits per heavy atom. The number of ketones is 1. The first kappa shape index (κ1) is 15.0. The van der Waals surface area contributed by atoms with Crippen LogP contribution in [0.1, 0.15) is 27.5 Å². The van der Waals surface area contributed by atoms with E-state index in [1.165, 1.54) is 6.33 Å². The van der Waals surface area contributed by atoms with Crippen LogP contribution in [0.25, 0.3) is 5.76 Å². The quantitative estimate of drug-likeness (QED) is 0.423. The van der Waals surface area contributed by atoms with Crippen LogP contribution in [0, 0.1) is 0 Å². The molecule has 0 fully saturated rings. The fourth-order valence-electron chi connectivity index (χ4n) is 1.98. The third-order valence-electron chi connectivity index (χ3n) is 3.06. The van der Waals surface area contributed by atoms with E-state index in [1.54, 1.807) is 18.5 Å². The van der Waals surface area contributed by atoms with Crippen molar-refractivity contribution in [2.45, 2.75) is 6.42 Å². The van der Waals surface area contributed by atoms with Gasteiger partial charge < -0.3 is 9.52 Å². The summed E-state index contributed by atoms with van der Waals surface area (Å²) in [6, 6.07) is 5.28. The number of carbonyl (C=O) groups is 1. The fraction of sp³-hybridized carbons (Fsp3) is 0.0667. The summed E-state index contributed by atoms with van der Waals surface area (Å²) in [5.74, 6) is -0.245. The zero-order chi connectivity index (χ0) is 16.2. The summed E-state index contributed by atoms with van der Waals surface area (Å²) in [7, 11) is 0. The maximum Gasteiger partial charge on any atom is 0.226 e. The monoisotopic (exact) mass is 330 g/mol. The van der Waals surface area contributed by atoms with Gasteiger partial charge in [-0.15, -0.1) is 0 Å². The molecule has 0 saturated carbocycles. The molecular formula is C15H11ClN4O3. The standard InChI is InChI=1S/C15H11ClN4O3/c16-14-11(12(21)7-13(22)15-18-8-19-20-15)6-10(23-14)5-9-1-3-17-4-2-9/h1-4,6-8,21H,5H2,(H,18,19,20). The molecule has 0 unspecified atom stereocenters. The van der Waals surface area contributed by atoms with Crippen LogP contribution in [0.3, 0.4) is 0 Å². The number of hydrogen-bond acceptors (Lipinski definition) is 6. The minimum atomic E-state index is -0.520. The van der Waals surface area contributed by atoms with Crippen LogP contribution in [0.2, 0.25) is 5.22 Å². The lowest BCUT2D eigenvalue weighted by Crippen LogP contribution is -1.99. The molecule has 0 bridgehead atoms. The van der Waals surface area contributed by atoms with Crippen molar-refractivity contribution in [1.29, 1.82) is 0 Å². The van der Waals surface area contributed by atoms with Crippen molar-refractivity contribution in [3.8, 4) is 0 Å². The van der Waals surface area contributed by atoms with Gasteiger partial charge >= 0.3 is 0 Å². The van der Waals surface area contributed by atoms with E-state index in [9.17, 15) is 9.90 Å². The number of halogens is 1. The van der Waals surface area contributed by atoms with Crippen molar-refractivity contribution >= 4 is 23.1 Å². The molecule has 0 radical (unpaired) electrons. The Morgan fingerprint density at radius 2 is 2.17 bits per heavy atom. The average molecular weight is 331 g/mol. The SMILES string of the molecule is O=C(C=C(O)c1cc(Cc2ccncc2)oc1Cl)c1ncn[nH]1. The van der Waals surface area contributed by atoms with E-state index in [0.717, 1.165) is 11.6 Å². The van der Waals surface area contributed by atoms with E-state index < -0.39 is 5.78 Å². The average Bonchev–Trinajstić information content (AvgIpc) is 3.18. The van der Waals surface area contributed by atoms with Gasteiger partial charge in [0, 0.05) is 24.9 Å². The van der Waals surface area contributed by atoms with Crippen LogP contribution in [0.5, 0.6) is 0 Å². The molecule has 3 aromatic heterocycles. The number of allylic oxidation sites excluding steroid dienone is 1. The summed E-state index contributed by atoms with van der Waals surface area (Å²) in [5.41, 5.74) is 1.22. The Bertz CT molecular complexity index is 841. The molecule has 0 aliphatic carbocycles. The molecule has 0 amide bonds. The van der Waals surface area contributed by atoms with Crippen LogP contribution in [-0.2, 0) is 6.42 Å². The maximum absolute atomic E-state index is 11.8. The summed E-state index contributed by atoms with van der Waals surface area (Å²) in [4.78, 5) is 19.5. The van der Waals surface area contributed by atoms with Gasteiger partial charge in [0.1, 0.15) is 17.8 Å². The summed E-state index contributed by atoms with van der Waals surface area (Å²) in [6.07, 6.45) is 6.05. The molecule has 3 heterocycles. The molecule has 0 saturated heterocycles. The summed E-state index contributed by atoms with van der Waals surface area (Å²) in [6.45, 7) is 0. The van der Waals surface area contributed by atoms with Gasteiger partial charge in [0.15, 0.2) is 5.82 Å². The zero-order valence-corrected chi connectivity index (χ0v) is 12.5. The topological polar surface area (TPSA) is 105 Å². The summed E-state index contributed by atoms with van der Waals surface area (Å²) >= 11 is 5.99. The lowest BCUT2D eigenvalue weighted by atomic mass is 10.1. The van der Waals surface area contributed by atoms with Gasteiger partial charge in [-0.05, 0) is 35.4 Å². The summed E-state index contributed by atoms with van der Waals surface area (Å²) in [5, 5.41) is 16.1. The molecule has 116 valence electrons. The number of aromatic nitrogens is 4. The maximum atomic E-state index is 11.8. The molecule has 2 N–H and O–H groups in total. The number of H-pyrrole nitrogens is 1. The Morgan fingerprint density at radius 1 is 1.39 bits per heavy atom. The minimum Gasteiger partial charge on any atom is -0.507 e. The van der Waals surface area contributed by atoms with Gasteiger partial charge in [-0.3, -0.25) is 14.9 Å². The van der Waals surface area contributed by atoms with Crippen LogP contribution < -0.4 is 0 Å². The first-order chi connectivity index (χ1) is 11.1. The van der Waals surface area contributed by atoms with Gasteiger partial charge in [-0.1, -0.05) is 0 Å². The molecule has 0 aromatic carbocycles. The number of aliphatic hydroxyl groups excluding tert-OH is 1. The van der Waals surface area contributed by atoms with Crippen molar-refractivity contribution < 1.29 is 14.3 Å². The van der Waals surface area contributed by atoms with Crippen LogP contribution in [-0.4, -0.2) is 31.1 Å². The number of hydrogen-bond donors (Lipinski definition) is 2. The van der Waals surface area contributed by atoms with Crippen molar-refractivity contribution in [2.75, 3.05) is 0 Å². The lowest BCUT2D eigenvalue weighted by Gasteiger charge is -1.95. The highest BCUT2D eigenvalue weighted by Gasteiger charge is 2.16. The number of rotatable bonds is 5. The third-order valence-corrected chi connectivity index (χ3v) is 3.34. The normalized spacial score (nSPS) is 11.6. The smallest absolute Gasteiger partial charge is 0.226 e. The highest BCUT2D eigenvalue weighted by atomic mass is 35.5. The molecule has 7 nitrogen and oxygen atoms in total. The minimum absolute atomic E-state index is 0.00757. The molecule has 8 heteroatoms. The number of furan rings is 1. The van der Waals surface area contributed by atoms with Gasteiger partial charge in [-0.25, -0.2) is 4.98 Å². The first-order valence-electron chi connectivity index (χ1n) is 6.61. The number of nitrogens with one attached hydrogen (secondary N) is 1. The Hall–Kier alpha value is -2.93. The fourth-order valence-corrected chi connectivity index (χ4v) is 2.23. The Balaban J connectivity index is 1.81. The van der Waals surface area contributed by atoms with Gasteiger partial charge in [0.2, 0.25) is 11.0 Å².